The molecule has 3 nitrogen and oxygen atoms in total. The van der Waals surface area contributed by atoms with Crippen molar-refractivity contribution in [3.05, 3.63) is 23.7 Å². The predicted molar refractivity (Wildman–Crippen MR) is 74.8 cm³/mol. The molecule has 0 aliphatic heterocycles. The minimum absolute atomic E-state index is 0.460. The molecule has 1 heterocycles. The van der Waals surface area contributed by atoms with Crippen molar-refractivity contribution in [3.63, 3.8) is 0 Å². The Morgan fingerprint density at radius 3 is 2.63 bits per heavy atom. The van der Waals surface area contributed by atoms with E-state index in [1.807, 2.05) is 0 Å². The molecule has 0 saturated heterocycles. The minimum atomic E-state index is 0.460. The standard InChI is InChI=1S/C16H25NO2/c1-2-4-6-15(5-3-1)19-12-13-9-10-18-16(13)11-17-14-7-8-14/h9-10,14-15,17H,1-8,11-12H2. The van der Waals surface area contributed by atoms with E-state index in [4.69, 9.17) is 9.15 Å². The number of rotatable bonds is 6. The van der Waals surface area contributed by atoms with Crippen LogP contribution in [0.15, 0.2) is 16.7 Å². The molecule has 0 aromatic carbocycles. The molecule has 1 N–H and O–H groups in total. The average Bonchev–Trinajstić information content (AvgIpc) is 3.20. The lowest BCUT2D eigenvalue weighted by Gasteiger charge is -2.15. The van der Waals surface area contributed by atoms with Crippen LogP contribution in [0.5, 0.6) is 0 Å². The molecule has 2 aliphatic rings. The zero-order valence-corrected chi connectivity index (χ0v) is 11.7. The third kappa shape index (κ3) is 4.08. The first-order valence-corrected chi connectivity index (χ1v) is 7.82. The van der Waals surface area contributed by atoms with Gasteiger partial charge in [0.15, 0.2) is 0 Å². The molecule has 0 atom stereocenters. The van der Waals surface area contributed by atoms with Gasteiger partial charge in [0, 0.05) is 11.6 Å². The highest BCUT2D eigenvalue weighted by molar-refractivity contribution is 5.16. The Morgan fingerprint density at radius 1 is 1.11 bits per heavy atom. The van der Waals surface area contributed by atoms with Gasteiger partial charge in [-0.2, -0.15) is 0 Å². The zero-order valence-electron chi connectivity index (χ0n) is 11.7. The fourth-order valence-corrected chi connectivity index (χ4v) is 2.79. The molecule has 2 fully saturated rings. The van der Waals surface area contributed by atoms with E-state index in [-0.39, 0.29) is 0 Å². The molecule has 2 saturated carbocycles. The molecular weight excluding hydrogens is 238 g/mol. The largest absolute Gasteiger partial charge is 0.468 e. The van der Waals surface area contributed by atoms with Gasteiger partial charge in [-0.25, -0.2) is 0 Å². The lowest BCUT2D eigenvalue weighted by Crippen LogP contribution is -2.17. The Morgan fingerprint density at radius 2 is 1.89 bits per heavy atom. The summed E-state index contributed by atoms with van der Waals surface area (Å²) in [6.45, 7) is 1.56. The molecule has 0 bridgehead atoms. The Balaban J connectivity index is 1.46. The Kier molecular flexibility index (Phi) is 4.57. The predicted octanol–water partition coefficient (Wildman–Crippen LogP) is 3.77. The SMILES string of the molecule is c1cc(COC2CCCCCC2)c(CNC2CC2)o1. The van der Waals surface area contributed by atoms with Gasteiger partial charge in [0.1, 0.15) is 5.76 Å². The van der Waals surface area contributed by atoms with Crippen LogP contribution in [0, 0.1) is 0 Å². The third-order valence-electron chi connectivity index (χ3n) is 4.24. The van der Waals surface area contributed by atoms with Gasteiger partial charge in [-0.15, -0.1) is 0 Å². The van der Waals surface area contributed by atoms with E-state index < -0.39 is 0 Å². The van der Waals surface area contributed by atoms with Crippen LogP contribution in [0.25, 0.3) is 0 Å². The van der Waals surface area contributed by atoms with Crippen molar-refractivity contribution >= 4 is 0 Å². The van der Waals surface area contributed by atoms with Crippen LogP contribution in [0.1, 0.15) is 62.7 Å². The van der Waals surface area contributed by atoms with Crippen LogP contribution < -0.4 is 5.32 Å². The molecule has 0 amide bonds. The number of hydrogen-bond donors (Lipinski definition) is 1. The molecule has 2 aliphatic carbocycles. The fraction of sp³-hybridized carbons (Fsp3) is 0.750. The van der Waals surface area contributed by atoms with Crippen LogP contribution in [0.2, 0.25) is 0 Å². The summed E-state index contributed by atoms with van der Waals surface area (Å²) in [5.74, 6) is 1.06. The molecule has 3 heteroatoms. The van der Waals surface area contributed by atoms with Crippen molar-refractivity contribution in [2.45, 2.75) is 76.7 Å². The first-order chi connectivity index (χ1) is 9.42. The van der Waals surface area contributed by atoms with Crippen molar-refractivity contribution in [2.24, 2.45) is 0 Å². The lowest BCUT2D eigenvalue weighted by molar-refractivity contribution is 0.0302. The Bertz CT molecular complexity index is 376. The van der Waals surface area contributed by atoms with Gasteiger partial charge in [-0.3, -0.25) is 0 Å². The third-order valence-corrected chi connectivity index (χ3v) is 4.24. The Labute approximate surface area is 115 Å². The van der Waals surface area contributed by atoms with Gasteiger partial charge in [-0.05, 0) is 31.7 Å². The van der Waals surface area contributed by atoms with E-state index in [0.717, 1.165) is 18.3 Å². The topological polar surface area (TPSA) is 34.4 Å². The Hall–Kier alpha value is -0.800. The van der Waals surface area contributed by atoms with Gasteiger partial charge in [0.25, 0.3) is 0 Å². The molecule has 1 aromatic rings. The van der Waals surface area contributed by atoms with Crippen LogP contribution >= 0.6 is 0 Å². The summed E-state index contributed by atoms with van der Waals surface area (Å²) in [6, 6.07) is 2.78. The van der Waals surface area contributed by atoms with E-state index in [1.165, 1.54) is 56.9 Å². The molecule has 3 rings (SSSR count). The van der Waals surface area contributed by atoms with Crippen molar-refractivity contribution in [2.75, 3.05) is 0 Å². The second kappa shape index (κ2) is 6.58. The number of nitrogens with one attached hydrogen (secondary N) is 1. The highest BCUT2D eigenvalue weighted by Gasteiger charge is 2.21. The summed E-state index contributed by atoms with van der Waals surface area (Å²) in [5.41, 5.74) is 1.22. The first kappa shape index (κ1) is 13.2. The number of ether oxygens (including phenoxy) is 1. The maximum Gasteiger partial charge on any atom is 0.123 e. The van der Waals surface area contributed by atoms with Crippen molar-refractivity contribution in [1.29, 1.82) is 0 Å². The molecule has 19 heavy (non-hydrogen) atoms. The second-order valence-corrected chi connectivity index (χ2v) is 5.95. The summed E-state index contributed by atoms with van der Waals surface area (Å²) in [5, 5.41) is 3.50. The molecule has 0 radical (unpaired) electrons. The van der Waals surface area contributed by atoms with E-state index >= 15 is 0 Å². The highest BCUT2D eigenvalue weighted by Crippen LogP contribution is 2.23. The fourth-order valence-electron chi connectivity index (χ4n) is 2.79. The van der Waals surface area contributed by atoms with Crippen LogP contribution in [0.3, 0.4) is 0 Å². The van der Waals surface area contributed by atoms with Crippen LogP contribution in [-0.4, -0.2) is 12.1 Å². The van der Waals surface area contributed by atoms with Crippen molar-refractivity contribution < 1.29 is 9.15 Å². The minimum Gasteiger partial charge on any atom is -0.468 e. The molecule has 0 unspecified atom stereocenters. The lowest BCUT2D eigenvalue weighted by atomic mass is 10.1. The zero-order chi connectivity index (χ0) is 12.9. The van der Waals surface area contributed by atoms with Gasteiger partial charge < -0.3 is 14.5 Å². The molecule has 1 aromatic heterocycles. The van der Waals surface area contributed by atoms with E-state index in [1.54, 1.807) is 6.26 Å². The van der Waals surface area contributed by atoms with Crippen LogP contribution in [-0.2, 0) is 17.9 Å². The van der Waals surface area contributed by atoms with Crippen molar-refractivity contribution in [3.8, 4) is 0 Å². The van der Waals surface area contributed by atoms with Gasteiger partial charge in [-0.1, -0.05) is 25.7 Å². The summed E-state index contributed by atoms with van der Waals surface area (Å²) in [4.78, 5) is 0. The molecule has 106 valence electrons. The normalized spacial score (nSPS) is 21.5. The van der Waals surface area contributed by atoms with Crippen LogP contribution in [0.4, 0.5) is 0 Å². The highest BCUT2D eigenvalue weighted by atomic mass is 16.5. The summed E-state index contributed by atoms with van der Waals surface area (Å²) < 4.78 is 11.6. The first-order valence-electron chi connectivity index (χ1n) is 7.82. The summed E-state index contributed by atoms with van der Waals surface area (Å²) in [7, 11) is 0. The van der Waals surface area contributed by atoms with Gasteiger partial charge >= 0.3 is 0 Å². The monoisotopic (exact) mass is 263 g/mol. The van der Waals surface area contributed by atoms with E-state index in [2.05, 4.69) is 11.4 Å². The molecular formula is C16H25NO2. The number of hydrogen-bond acceptors (Lipinski definition) is 3. The maximum absolute atomic E-state index is 6.08. The average molecular weight is 263 g/mol. The second-order valence-electron chi connectivity index (χ2n) is 5.95. The summed E-state index contributed by atoms with van der Waals surface area (Å²) in [6.07, 6.45) is 12.7. The van der Waals surface area contributed by atoms with Gasteiger partial charge in [0.2, 0.25) is 0 Å². The maximum atomic E-state index is 6.08. The molecule has 0 spiro atoms. The summed E-state index contributed by atoms with van der Waals surface area (Å²) >= 11 is 0. The van der Waals surface area contributed by atoms with E-state index in [9.17, 15) is 0 Å². The smallest absolute Gasteiger partial charge is 0.123 e. The van der Waals surface area contributed by atoms with E-state index in [0.29, 0.717) is 12.7 Å². The quantitative estimate of drug-likeness (QED) is 0.793. The number of furan rings is 1. The van der Waals surface area contributed by atoms with Gasteiger partial charge in [0.05, 0.1) is 25.5 Å². The van der Waals surface area contributed by atoms with Crippen molar-refractivity contribution in [1.82, 2.24) is 5.32 Å².